The van der Waals surface area contributed by atoms with Gasteiger partial charge >= 0.3 is 0 Å². The van der Waals surface area contributed by atoms with Gasteiger partial charge in [0.2, 0.25) is 0 Å². The molecule has 0 aliphatic heterocycles. The van der Waals surface area contributed by atoms with E-state index < -0.39 is 0 Å². The van der Waals surface area contributed by atoms with Crippen LogP contribution in [0.2, 0.25) is 0 Å². The van der Waals surface area contributed by atoms with Crippen LogP contribution in [0.15, 0.2) is 76.3 Å². The zero-order valence-electron chi connectivity index (χ0n) is 17.3. The predicted octanol–water partition coefficient (Wildman–Crippen LogP) is 4.87. The number of nitrogens with zero attached hydrogens (tertiary/aromatic N) is 1. The van der Waals surface area contributed by atoms with Gasteiger partial charge in [0.25, 0.3) is 5.91 Å². The number of carbonyl (C=O) groups is 1. The Labute approximate surface area is 190 Å². The number of hydrazone groups is 1. The van der Waals surface area contributed by atoms with Gasteiger partial charge in [-0.15, -0.1) is 0 Å². The van der Waals surface area contributed by atoms with Gasteiger partial charge in [-0.1, -0.05) is 51.8 Å². The lowest BCUT2D eigenvalue weighted by Gasteiger charge is -2.11. The van der Waals surface area contributed by atoms with Crippen molar-refractivity contribution in [2.24, 2.45) is 5.10 Å². The molecule has 0 fully saturated rings. The van der Waals surface area contributed by atoms with E-state index in [1.807, 2.05) is 55.5 Å². The predicted molar refractivity (Wildman–Crippen MR) is 124 cm³/mol. The molecule has 1 amide bonds. The number of amides is 1. The first-order valence-electron chi connectivity index (χ1n) is 9.60. The minimum absolute atomic E-state index is 0.136. The lowest BCUT2D eigenvalue weighted by atomic mass is 10.2. The molecule has 0 spiro atoms. The van der Waals surface area contributed by atoms with E-state index in [9.17, 15) is 4.79 Å². The Bertz CT molecular complexity index is 1050. The monoisotopic (exact) mass is 482 g/mol. The molecule has 0 saturated heterocycles. The highest BCUT2D eigenvalue weighted by Gasteiger charge is 2.06. The molecule has 0 saturated carbocycles. The molecule has 0 radical (unpaired) electrons. The summed E-state index contributed by atoms with van der Waals surface area (Å²) < 4.78 is 17.6. The summed E-state index contributed by atoms with van der Waals surface area (Å²) in [6.07, 6.45) is 1.53. The molecule has 1 N–H and O–H groups in total. The number of hydrogen-bond donors (Lipinski definition) is 1. The van der Waals surface area contributed by atoms with Crippen molar-refractivity contribution in [3.05, 3.63) is 87.9 Å². The third kappa shape index (κ3) is 7.15. The van der Waals surface area contributed by atoms with Gasteiger partial charge in [-0.05, 0) is 54.4 Å². The van der Waals surface area contributed by atoms with Crippen LogP contribution in [-0.2, 0) is 11.4 Å². The number of rotatable bonds is 9. The minimum atomic E-state index is -0.360. The molecule has 3 rings (SSSR count). The molecule has 160 valence electrons. The van der Waals surface area contributed by atoms with Crippen molar-refractivity contribution < 1.29 is 19.0 Å². The van der Waals surface area contributed by atoms with Crippen LogP contribution >= 0.6 is 15.9 Å². The summed E-state index contributed by atoms with van der Waals surface area (Å²) in [4.78, 5) is 11.9. The number of methoxy groups -OCH3 is 1. The molecule has 3 aromatic carbocycles. The summed E-state index contributed by atoms with van der Waals surface area (Å²) in [7, 11) is 1.58. The van der Waals surface area contributed by atoms with E-state index in [1.54, 1.807) is 25.3 Å². The Hall–Kier alpha value is -3.32. The highest BCUT2D eigenvalue weighted by atomic mass is 79.9. The number of aryl methyl sites for hydroxylation is 1. The maximum absolute atomic E-state index is 11.9. The van der Waals surface area contributed by atoms with Crippen LogP contribution in [0.5, 0.6) is 17.2 Å². The Kier molecular flexibility index (Phi) is 8.06. The van der Waals surface area contributed by atoms with Crippen molar-refractivity contribution in [1.82, 2.24) is 5.43 Å². The molecule has 31 heavy (non-hydrogen) atoms. The van der Waals surface area contributed by atoms with E-state index in [1.165, 1.54) is 11.8 Å². The number of hydrogen-bond acceptors (Lipinski definition) is 5. The van der Waals surface area contributed by atoms with Gasteiger partial charge < -0.3 is 14.2 Å². The second-order valence-corrected chi connectivity index (χ2v) is 7.64. The molecule has 0 atom stereocenters. The summed E-state index contributed by atoms with van der Waals surface area (Å²) in [5.74, 6) is 1.45. The molecule has 7 heteroatoms. The van der Waals surface area contributed by atoms with Gasteiger partial charge in [-0.25, -0.2) is 5.43 Å². The second kappa shape index (κ2) is 11.2. The summed E-state index contributed by atoms with van der Waals surface area (Å²) in [6, 6.07) is 20.9. The largest absolute Gasteiger partial charge is 0.493 e. The van der Waals surface area contributed by atoms with E-state index in [0.717, 1.165) is 15.6 Å². The Balaban J connectivity index is 1.51. The molecular weight excluding hydrogens is 460 g/mol. The zero-order chi connectivity index (χ0) is 22.1. The van der Waals surface area contributed by atoms with Crippen LogP contribution in [0.1, 0.15) is 16.7 Å². The first-order valence-corrected chi connectivity index (χ1v) is 10.4. The van der Waals surface area contributed by atoms with Gasteiger partial charge in [-0.2, -0.15) is 5.10 Å². The fraction of sp³-hybridized carbons (Fsp3) is 0.167. The van der Waals surface area contributed by atoms with Gasteiger partial charge in [0.1, 0.15) is 12.4 Å². The molecule has 0 aliphatic rings. The van der Waals surface area contributed by atoms with Crippen molar-refractivity contribution in [3.8, 4) is 17.2 Å². The molecule has 6 nitrogen and oxygen atoms in total. The first-order chi connectivity index (χ1) is 15.0. The Morgan fingerprint density at radius 2 is 1.84 bits per heavy atom. The van der Waals surface area contributed by atoms with Crippen LogP contribution in [0.25, 0.3) is 0 Å². The lowest BCUT2D eigenvalue weighted by molar-refractivity contribution is -0.123. The number of carbonyl (C=O) groups excluding carboxylic acids is 1. The molecule has 3 aromatic rings. The molecule has 0 heterocycles. The normalized spacial score (nSPS) is 10.7. The average molecular weight is 483 g/mol. The fourth-order valence-corrected chi connectivity index (χ4v) is 3.02. The lowest BCUT2D eigenvalue weighted by Crippen LogP contribution is -2.24. The smallest absolute Gasteiger partial charge is 0.277 e. The van der Waals surface area contributed by atoms with Crippen molar-refractivity contribution in [1.29, 1.82) is 0 Å². The summed E-state index contributed by atoms with van der Waals surface area (Å²) in [5.41, 5.74) is 5.48. The van der Waals surface area contributed by atoms with Gasteiger partial charge in [0, 0.05) is 4.47 Å². The standard InChI is InChI=1S/C24H23BrN2O4/c1-17-6-8-18(9-7-17)15-31-22-11-10-19(12-23(22)29-2)14-26-27-24(28)16-30-21-5-3-4-20(25)13-21/h3-14H,15-16H2,1-2H3,(H,27,28)/b26-14+. The highest BCUT2D eigenvalue weighted by molar-refractivity contribution is 9.10. The minimum Gasteiger partial charge on any atom is -0.493 e. The summed E-state index contributed by atoms with van der Waals surface area (Å²) >= 11 is 3.35. The topological polar surface area (TPSA) is 69.2 Å². The molecule has 0 unspecified atom stereocenters. The van der Waals surface area contributed by atoms with Gasteiger partial charge in [0.15, 0.2) is 18.1 Å². The van der Waals surface area contributed by atoms with Crippen molar-refractivity contribution in [3.63, 3.8) is 0 Å². The van der Waals surface area contributed by atoms with Crippen LogP contribution in [0.3, 0.4) is 0 Å². The molecule has 0 aromatic heterocycles. The maximum atomic E-state index is 11.9. The summed E-state index contributed by atoms with van der Waals surface area (Å²) in [6.45, 7) is 2.35. The fourth-order valence-electron chi connectivity index (χ4n) is 2.65. The van der Waals surface area contributed by atoms with E-state index in [0.29, 0.717) is 23.9 Å². The van der Waals surface area contributed by atoms with Gasteiger partial charge in [-0.3, -0.25) is 4.79 Å². The van der Waals surface area contributed by atoms with Crippen LogP contribution in [0.4, 0.5) is 0 Å². The number of benzene rings is 3. The van der Waals surface area contributed by atoms with Gasteiger partial charge in [0.05, 0.1) is 13.3 Å². The highest BCUT2D eigenvalue weighted by Crippen LogP contribution is 2.28. The number of halogens is 1. The van der Waals surface area contributed by atoms with Crippen molar-refractivity contribution >= 4 is 28.1 Å². The van der Waals surface area contributed by atoms with Crippen molar-refractivity contribution in [2.45, 2.75) is 13.5 Å². The zero-order valence-corrected chi connectivity index (χ0v) is 18.9. The number of nitrogens with one attached hydrogen (secondary N) is 1. The van der Waals surface area contributed by atoms with E-state index >= 15 is 0 Å². The Morgan fingerprint density at radius 1 is 1.03 bits per heavy atom. The molecule has 0 aliphatic carbocycles. The van der Waals surface area contributed by atoms with Crippen molar-refractivity contribution in [2.75, 3.05) is 13.7 Å². The molecular formula is C24H23BrN2O4. The van der Waals surface area contributed by atoms with E-state index in [2.05, 4.69) is 26.5 Å². The van der Waals surface area contributed by atoms with Crippen LogP contribution in [0, 0.1) is 6.92 Å². The Morgan fingerprint density at radius 3 is 2.58 bits per heavy atom. The van der Waals surface area contributed by atoms with E-state index in [4.69, 9.17) is 14.2 Å². The number of ether oxygens (including phenoxy) is 3. The van der Waals surface area contributed by atoms with Crippen LogP contribution in [-0.4, -0.2) is 25.8 Å². The maximum Gasteiger partial charge on any atom is 0.277 e. The first kappa shape index (κ1) is 22.4. The summed E-state index contributed by atoms with van der Waals surface area (Å²) in [5, 5.41) is 3.97. The third-order valence-electron chi connectivity index (χ3n) is 4.27. The SMILES string of the molecule is COc1cc(/C=N/NC(=O)COc2cccc(Br)c2)ccc1OCc1ccc(C)cc1. The quantitative estimate of drug-likeness (QED) is 0.348. The third-order valence-corrected chi connectivity index (χ3v) is 4.76. The van der Waals surface area contributed by atoms with E-state index in [-0.39, 0.29) is 12.5 Å². The van der Waals surface area contributed by atoms with Crippen LogP contribution < -0.4 is 19.6 Å². The second-order valence-electron chi connectivity index (χ2n) is 6.72. The molecule has 0 bridgehead atoms. The average Bonchev–Trinajstić information content (AvgIpc) is 2.78.